The molecule has 0 saturated carbocycles. The molecule has 0 unspecified atom stereocenters. The SMILES string of the molecule is CCN(CC)CC.[Pd+2]. The van der Waals surface area contributed by atoms with Crippen LogP contribution < -0.4 is 0 Å². The molecule has 0 atom stereocenters. The average molecular weight is 208 g/mol. The number of hydrogen-bond acceptors (Lipinski definition) is 1. The Morgan fingerprint density at radius 3 is 1.12 bits per heavy atom. The van der Waals surface area contributed by atoms with Crippen LogP contribution >= 0.6 is 0 Å². The summed E-state index contributed by atoms with van der Waals surface area (Å²) in [7, 11) is 0. The van der Waals surface area contributed by atoms with Gasteiger partial charge in [-0.3, -0.25) is 0 Å². The van der Waals surface area contributed by atoms with Crippen molar-refractivity contribution in [3.8, 4) is 0 Å². The third-order valence-electron chi connectivity index (χ3n) is 1.34. The van der Waals surface area contributed by atoms with Gasteiger partial charge in [-0.15, -0.1) is 0 Å². The van der Waals surface area contributed by atoms with E-state index in [0.29, 0.717) is 0 Å². The molecule has 0 spiro atoms. The van der Waals surface area contributed by atoms with Crippen molar-refractivity contribution in [2.24, 2.45) is 0 Å². The maximum absolute atomic E-state index is 2.38. The molecule has 0 radical (unpaired) electrons. The van der Waals surface area contributed by atoms with Crippen LogP contribution in [-0.2, 0) is 20.4 Å². The molecule has 52 valence electrons. The predicted octanol–water partition coefficient (Wildman–Crippen LogP) is 1.35. The summed E-state index contributed by atoms with van der Waals surface area (Å²) in [6.07, 6.45) is 0. The van der Waals surface area contributed by atoms with E-state index in [1.807, 2.05) is 0 Å². The Hall–Kier alpha value is 0.622. The molecule has 1 nitrogen and oxygen atoms in total. The van der Waals surface area contributed by atoms with E-state index in [0.717, 1.165) is 0 Å². The molecule has 0 fully saturated rings. The summed E-state index contributed by atoms with van der Waals surface area (Å²) >= 11 is 0. The van der Waals surface area contributed by atoms with Crippen molar-refractivity contribution in [3.05, 3.63) is 0 Å². The molecule has 0 saturated heterocycles. The van der Waals surface area contributed by atoms with Gasteiger partial charge >= 0.3 is 20.4 Å². The first-order valence-corrected chi connectivity index (χ1v) is 3.07. The van der Waals surface area contributed by atoms with Gasteiger partial charge in [-0.2, -0.15) is 0 Å². The smallest absolute Gasteiger partial charge is 0.304 e. The Bertz CT molecular complexity index is 30.0. The largest absolute Gasteiger partial charge is 2.00 e. The van der Waals surface area contributed by atoms with Gasteiger partial charge in [0.15, 0.2) is 0 Å². The van der Waals surface area contributed by atoms with Crippen LogP contribution in [0.1, 0.15) is 20.8 Å². The second-order valence-electron chi connectivity index (χ2n) is 1.62. The van der Waals surface area contributed by atoms with Gasteiger partial charge in [0.25, 0.3) is 0 Å². The Kier molecular flexibility index (Phi) is 10.9. The predicted molar refractivity (Wildman–Crippen MR) is 33.5 cm³/mol. The first-order valence-electron chi connectivity index (χ1n) is 3.07. The summed E-state index contributed by atoms with van der Waals surface area (Å²) in [5.74, 6) is 0. The van der Waals surface area contributed by atoms with Gasteiger partial charge in [-0.1, -0.05) is 20.8 Å². The average Bonchev–Trinajstić information content (AvgIpc) is 1.72. The van der Waals surface area contributed by atoms with Crippen LogP contribution in [0.5, 0.6) is 0 Å². The molecule has 0 aliphatic carbocycles. The molecule has 0 aromatic carbocycles. The molecule has 8 heavy (non-hydrogen) atoms. The van der Waals surface area contributed by atoms with Crippen molar-refractivity contribution in [1.82, 2.24) is 4.90 Å². The number of hydrogen-bond donors (Lipinski definition) is 0. The van der Waals surface area contributed by atoms with Gasteiger partial charge in [0.05, 0.1) is 0 Å². The molecule has 0 rings (SSSR count). The molecule has 0 aliphatic rings. The summed E-state index contributed by atoms with van der Waals surface area (Å²) in [5, 5.41) is 0. The fourth-order valence-electron chi connectivity index (χ4n) is 0.671. The van der Waals surface area contributed by atoms with Crippen LogP contribution in [0.15, 0.2) is 0 Å². The van der Waals surface area contributed by atoms with Gasteiger partial charge < -0.3 is 4.90 Å². The van der Waals surface area contributed by atoms with E-state index in [4.69, 9.17) is 0 Å². The Morgan fingerprint density at radius 1 is 0.875 bits per heavy atom. The van der Waals surface area contributed by atoms with Crippen LogP contribution in [0.2, 0.25) is 0 Å². The van der Waals surface area contributed by atoms with Crippen LogP contribution in [-0.4, -0.2) is 24.5 Å². The van der Waals surface area contributed by atoms with Crippen molar-refractivity contribution >= 4 is 0 Å². The van der Waals surface area contributed by atoms with Crippen molar-refractivity contribution in [3.63, 3.8) is 0 Å². The van der Waals surface area contributed by atoms with Gasteiger partial charge in [0.1, 0.15) is 0 Å². The summed E-state index contributed by atoms with van der Waals surface area (Å²) in [4.78, 5) is 2.38. The fraction of sp³-hybridized carbons (Fsp3) is 1.00. The van der Waals surface area contributed by atoms with E-state index in [1.165, 1.54) is 19.6 Å². The third-order valence-corrected chi connectivity index (χ3v) is 1.34. The molecule has 0 amide bonds. The van der Waals surface area contributed by atoms with E-state index in [9.17, 15) is 0 Å². The van der Waals surface area contributed by atoms with Crippen molar-refractivity contribution in [1.29, 1.82) is 0 Å². The van der Waals surface area contributed by atoms with Gasteiger partial charge in [0.2, 0.25) is 0 Å². The van der Waals surface area contributed by atoms with Gasteiger partial charge in [0, 0.05) is 0 Å². The van der Waals surface area contributed by atoms with E-state index >= 15 is 0 Å². The van der Waals surface area contributed by atoms with Crippen molar-refractivity contribution in [2.75, 3.05) is 19.6 Å². The summed E-state index contributed by atoms with van der Waals surface area (Å²) in [6.45, 7) is 10.1. The zero-order chi connectivity index (χ0) is 5.70. The standard InChI is InChI=1S/C6H15N.Pd/c1-4-7(5-2)6-3;/h4-6H2,1-3H3;/q;+2. The minimum Gasteiger partial charge on any atom is -0.304 e. The van der Waals surface area contributed by atoms with E-state index in [2.05, 4.69) is 25.7 Å². The Morgan fingerprint density at radius 2 is 1.12 bits per heavy atom. The molecular formula is C6H15NPd+2. The topological polar surface area (TPSA) is 3.24 Å². The molecule has 0 N–H and O–H groups in total. The monoisotopic (exact) mass is 207 g/mol. The molecule has 0 aromatic rings. The molecule has 0 heterocycles. The van der Waals surface area contributed by atoms with E-state index in [-0.39, 0.29) is 20.4 Å². The van der Waals surface area contributed by atoms with Crippen LogP contribution in [0.25, 0.3) is 0 Å². The number of nitrogens with zero attached hydrogens (tertiary/aromatic N) is 1. The maximum Gasteiger partial charge on any atom is 2.00 e. The zero-order valence-corrected chi connectivity index (χ0v) is 7.44. The first kappa shape index (κ1) is 11.4. The second-order valence-corrected chi connectivity index (χ2v) is 1.62. The Balaban J connectivity index is 0. The quantitative estimate of drug-likeness (QED) is 0.632. The van der Waals surface area contributed by atoms with E-state index < -0.39 is 0 Å². The van der Waals surface area contributed by atoms with Crippen LogP contribution in [0.4, 0.5) is 0 Å². The Labute approximate surface area is 66.1 Å². The van der Waals surface area contributed by atoms with Crippen LogP contribution in [0, 0.1) is 0 Å². The summed E-state index contributed by atoms with van der Waals surface area (Å²) in [5.41, 5.74) is 0. The summed E-state index contributed by atoms with van der Waals surface area (Å²) < 4.78 is 0. The fourth-order valence-corrected chi connectivity index (χ4v) is 0.671. The third kappa shape index (κ3) is 4.77. The van der Waals surface area contributed by atoms with Crippen molar-refractivity contribution < 1.29 is 20.4 Å². The zero-order valence-electron chi connectivity index (χ0n) is 5.88. The van der Waals surface area contributed by atoms with E-state index in [1.54, 1.807) is 0 Å². The molecule has 0 bridgehead atoms. The normalized spacial score (nSPS) is 9.00. The van der Waals surface area contributed by atoms with Gasteiger partial charge in [-0.05, 0) is 19.6 Å². The summed E-state index contributed by atoms with van der Waals surface area (Å²) in [6, 6.07) is 0. The van der Waals surface area contributed by atoms with Crippen LogP contribution in [0.3, 0.4) is 0 Å². The second kappa shape index (κ2) is 7.62. The van der Waals surface area contributed by atoms with Gasteiger partial charge in [-0.25, -0.2) is 0 Å². The first-order chi connectivity index (χ1) is 3.35. The number of rotatable bonds is 3. The molecule has 2 heteroatoms. The minimum absolute atomic E-state index is 0. The van der Waals surface area contributed by atoms with Crippen molar-refractivity contribution in [2.45, 2.75) is 20.8 Å². The molecule has 0 aromatic heterocycles. The maximum atomic E-state index is 2.38. The molecular weight excluding hydrogens is 192 g/mol. The molecule has 0 aliphatic heterocycles. The minimum atomic E-state index is 0.